The van der Waals surface area contributed by atoms with Gasteiger partial charge in [-0.3, -0.25) is 4.79 Å². The van der Waals surface area contributed by atoms with Gasteiger partial charge in [0.2, 0.25) is 5.91 Å². The molecule has 0 radical (unpaired) electrons. The number of nitrogens with zero attached hydrogens (tertiary/aromatic N) is 1. The monoisotopic (exact) mass is 291 g/mol. The van der Waals surface area contributed by atoms with Crippen LogP contribution >= 0.6 is 0 Å². The molecule has 1 aliphatic rings. The molecule has 1 aliphatic heterocycles. The molecule has 1 saturated heterocycles. The van der Waals surface area contributed by atoms with E-state index in [0.29, 0.717) is 18.2 Å². The third kappa shape index (κ3) is 4.72. The van der Waals surface area contributed by atoms with E-state index < -0.39 is 0 Å². The maximum atomic E-state index is 12.0. The van der Waals surface area contributed by atoms with Crippen LogP contribution in [-0.4, -0.2) is 43.7 Å². The Kier molecular flexibility index (Phi) is 5.59. The Balaban J connectivity index is 1.79. The number of nitrogen functional groups attached to an aromatic ring is 1. The maximum Gasteiger partial charge on any atom is 0.225 e. The van der Waals surface area contributed by atoms with Crippen LogP contribution in [0.4, 0.5) is 11.4 Å². The van der Waals surface area contributed by atoms with Crippen molar-refractivity contribution in [1.29, 1.82) is 0 Å². The van der Waals surface area contributed by atoms with Gasteiger partial charge in [-0.2, -0.15) is 0 Å². The van der Waals surface area contributed by atoms with Crippen LogP contribution in [0.25, 0.3) is 0 Å². The number of nitrogens with two attached hydrogens (primary N) is 1. The summed E-state index contributed by atoms with van der Waals surface area (Å²) in [6.07, 6.45) is 3.06. The quantitative estimate of drug-likeness (QED) is 0.814. The van der Waals surface area contributed by atoms with Crippen molar-refractivity contribution in [3.63, 3.8) is 0 Å². The lowest BCUT2D eigenvalue weighted by Crippen LogP contribution is -2.40. The van der Waals surface area contributed by atoms with Gasteiger partial charge in [0, 0.05) is 38.0 Å². The standard InChI is InChI=1S/C16H25N3O2/c1-12-10-13(17)5-6-15(12)18-16(20)7-9-19-8-3-4-14(11-19)21-2/h5-6,10,14H,3-4,7-9,11,17H2,1-2H3,(H,18,20). The SMILES string of the molecule is COC1CCCN(CCC(=O)Nc2ccc(N)cc2C)C1. The molecule has 1 aromatic carbocycles. The van der Waals surface area contributed by atoms with E-state index in [2.05, 4.69) is 10.2 Å². The predicted octanol–water partition coefficient (Wildman–Crippen LogP) is 2.02. The lowest BCUT2D eigenvalue weighted by molar-refractivity contribution is -0.116. The van der Waals surface area contributed by atoms with Gasteiger partial charge < -0.3 is 20.7 Å². The predicted molar refractivity (Wildman–Crippen MR) is 85.3 cm³/mol. The number of nitrogens with one attached hydrogen (secondary N) is 1. The average molecular weight is 291 g/mol. The number of methoxy groups -OCH3 is 1. The first kappa shape index (κ1) is 15.8. The zero-order valence-corrected chi connectivity index (χ0v) is 12.9. The highest BCUT2D eigenvalue weighted by atomic mass is 16.5. The summed E-state index contributed by atoms with van der Waals surface area (Å²) in [5.41, 5.74) is 8.24. The van der Waals surface area contributed by atoms with E-state index in [1.807, 2.05) is 19.1 Å². The van der Waals surface area contributed by atoms with E-state index >= 15 is 0 Å². The fourth-order valence-corrected chi connectivity index (χ4v) is 2.71. The van der Waals surface area contributed by atoms with E-state index in [4.69, 9.17) is 10.5 Å². The molecule has 3 N–H and O–H groups in total. The van der Waals surface area contributed by atoms with E-state index in [-0.39, 0.29) is 5.91 Å². The number of carbonyl (C=O) groups is 1. The topological polar surface area (TPSA) is 67.6 Å². The molecule has 2 rings (SSSR count). The Morgan fingerprint density at radius 1 is 1.52 bits per heavy atom. The molecule has 1 fully saturated rings. The zero-order valence-electron chi connectivity index (χ0n) is 12.9. The van der Waals surface area contributed by atoms with Crippen molar-refractivity contribution in [3.05, 3.63) is 23.8 Å². The third-order valence-corrected chi connectivity index (χ3v) is 3.98. The molecule has 0 spiro atoms. The number of likely N-dealkylation sites (tertiary alicyclic amines) is 1. The number of amides is 1. The van der Waals surface area contributed by atoms with Gasteiger partial charge >= 0.3 is 0 Å². The van der Waals surface area contributed by atoms with Gasteiger partial charge in [0.15, 0.2) is 0 Å². The van der Waals surface area contributed by atoms with Crippen LogP contribution in [0.3, 0.4) is 0 Å². The molecule has 0 bridgehead atoms. The van der Waals surface area contributed by atoms with Gasteiger partial charge in [-0.1, -0.05) is 0 Å². The van der Waals surface area contributed by atoms with Gasteiger partial charge in [0.1, 0.15) is 0 Å². The number of hydrogen-bond donors (Lipinski definition) is 2. The Labute approximate surface area is 126 Å². The molecule has 5 heteroatoms. The lowest BCUT2D eigenvalue weighted by Gasteiger charge is -2.31. The number of aryl methyl sites for hydroxylation is 1. The zero-order chi connectivity index (χ0) is 15.2. The molecule has 1 amide bonds. The molecule has 1 heterocycles. The second-order valence-electron chi connectivity index (χ2n) is 5.67. The number of piperidine rings is 1. The van der Waals surface area contributed by atoms with Gasteiger partial charge in [0.25, 0.3) is 0 Å². The molecule has 0 saturated carbocycles. The third-order valence-electron chi connectivity index (χ3n) is 3.98. The molecule has 21 heavy (non-hydrogen) atoms. The molecular formula is C16H25N3O2. The summed E-state index contributed by atoms with van der Waals surface area (Å²) in [7, 11) is 1.75. The number of carbonyl (C=O) groups excluding carboxylic acids is 1. The van der Waals surface area contributed by atoms with Crippen LogP contribution in [0.2, 0.25) is 0 Å². The summed E-state index contributed by atoms with van der Waals surface area (Å²) >= 11 is 0. The highest BCUT2D eigenvalue weighted by Crippen LogP contribution is 2.18. The van der Waals surface area contributed by atoms with Crippen LogP contribution in [0.15, 0.2) is 18.2 Å². The average Bonchev–Trinajstić information content (AvgIpc) is 2.48. The number of hydrogen-bond acceptors (Lipinski definition) is 4. The number of benzene rings is 1. The van der Waals surface area contributed by atoms with Gasteiger partial charge in [0.05, 0.1) is 6.10 Å². The van der Waals surface area contributed by atoms with Crippen LogP contribution in [0, 0.1) is 6.92 Å². The first-order chi connectivity index (χ1) is 10.1. The summed E-state index contributed by atoms with van der Waals surface area (Å²) in [5, 5.41) is 2.95. The minimum atomic E-state index is 0.0439. The van der Waals surface area contributed by atoms with Crippen LogP contribution in [0.1, 0.15) is 24.8 Å². The molecule has 1 atom stereocenters. The number of anilines is 2. The van der Waals surface area contributed by atoms with Gasteiger partial charge in [-0.05, 0) is 50.1 Å². The number of ether oxygens (including phenoxy) is 1. The van der Waals surface area contributed by atoms with Crippen molar-refractivity contribution in [2.45, 2.75) is 32.3 Å². The van der Waals surface area contributed by atoms with Crippen molar-refractivity contribution in [3.8, 4) is 0 Å². The molecule has 1 unspecified atom stereocenters. The van der Waals surface area contributed by atoms with E-state index in [9.17, 15) is 4.79 Å². The lowest BCUT2D eigenvalue weighted by atomic mass is 10.1. The van der Waals surface area contributed by atoms with E-state index in [0.717, 1.165) is 43.7 Å². The second kappa shape index (κ2) is 7.43. The Morgan fingerprint density at radius 3 is 3.05 bits per heavy atom. The fraction of sp³-hybridized carbons (Fsp3) is 0.562. The summed E-state index contributed by atoms with van der Waals surface area (Å²) in [6.45, 7) is 4.69. The van der Waals surface area contributed by atoms with Crippen molar-refractivity contribution in [1.82, 2.24) is 4.90 Å². The summed E-state index contributed by atoms with van der Waals surface area (Å²) in [5.74, 6) is 0.0439. The van der Waals surface area contributed by atoms with Crippen molar-refractivity contribution in [2.75, 3.05) is 37.8 Å². The van der Waals surface area contributed by atoms with Gasteiger partial charge in [-0.25, -0.2) is 0 Å². The van der Waals surface area contributed by atoms with Crippen LogP contribution < -0.4 is 11.1 Å². The smallest absolute Gasteiger partial charge is 0.225 e. The molecule has 0 aliphatic carbocycles. The van der Waals surface area contributed by atoms with Crippen LogP contribution in [0.5, 0.6) is 0 Å². The van der Waals surface area contributed by atoms with Crippen molar-refractivity contribution >= 4 is 17.3 Å². The minimum absolute atomic E-state index is 0.0439. The van der Waals surface area contributed by atoms with Gasteiger partial charge in [-0.15, -0.1) is 0 Å². The van der Waals surface area contributed by atoms with E-state index in [1.165, 1.54) is 0 Å². The first-order valence-corrected chi connectivity index (χ1v) is 7.49. The minimum Gasteiger partial charge on any atom is -0.399 e. The second-order valence-corrected chi connectivity index (χ2v) is 5.67. The molecule has 5 nitrogen and oxygen atoms in total. The van der Waals surface area contributed by atoms with Crippen molar-refractivity contribution in [2.24, 2.45) is 0 Å². The summed E-state index contributed by atoms with van der Waals surface area (Å²) in [6, 6.07) is 5.52. The highest BCUT2D eigenvalue weighted by molar-refractivity contribution is 5.91. The fourth-order valence-electron chi connectivity index (χ4n) is 2.71. The molecular weight excluding hydrogens is 266 g/mol. The number of rotatable bonds is 5. The van der Waals surface area contributed by atoms with Crippen molar-refractivity contribution < 1.29 is 9.53 Å². The molecule has 116 valence electrons. The Morgan fingerprint density at radius 2 is 2.33 bits per heavy atom. The largest absolute Gasteiger partial charge is 0.399 e. The first-order valence-electron chi connectivity index (χ1n) is 7.49. The maximum absolute atomic E-state index is 12.0. The Hall–Kier alpha value is -1.59. The highest BCUT2D eigenvalue weighted by Gasteiger charge is 2.19. The molecule has 1 aromatic rings. The normalized spacial score (nSPS) is 19.4. The van der Waals surface area contributed by atoms with Crippen LogP contribution in [-0.2, 0) is 9.53 Å². The molecule has 0 aromatic heterocycles. The summed E-state index contributed by atoms with van der Waals surface area (Å²) < 4.78 is 5.40. The van der Waals surface area contributed by atoms with E-state index in [1.54, 1.807) is 13.2 Å². The summed E-state index contributed by atoms with van der Waals surface area (Å²) in [4.78, 5) is 14.3. The Bertz CT molecular complexity index is 490.